The highest BCUT2D eigenvalue weighted by molar-refractivity contribution is 5.98. The molecule has 4 nitrogen and oxygen atoms in total. The maximum Gasteiger partial charge on any atom is 0.251 e. The maximum absolute atomic E-state index is 12.6. The molecule has 0 bridgehead atoms. The van der Waals surface area contributed by atoms with Gasteiger partial charge in [-0.05, 0) is 56.9 Å². The van der Waals surface area contributed by atoms with Crippen molar-refractivity contribution in [1.29, 1.82) is 0 Å². The summed E-state index contributed by atoms with van der Waals surface area (Å²) in [6.45, 7) is 2.81. The zero-order valence-corrected chi connectivity index (χ0v) is 13.4. The van der Waals surface area contributed by atoms with Crippen molar-refractivity contribution in [2.45, 2.75) is 44.8 Å². The molecule has 1 amide bonds. The number of benzene rings is 1. The van der Waals surface area contributed by atoms with Crippen LogP contribution in [0.2, 0.25) is 0 Å². The second kappa shape index (κ2) is 5.93. The lowest BCUT2D eigenvalue weighted by Gasteiger charge is -2.33. The van der Waals surface area contributed by atoms with Crippen LogP contribution in [0, 0.1) is 12.8 Å². The first-order valence-corrected chi connectivity index (χ1v) is 8.50. The van der Waals surface area contributed by atoms with E-state index in [0.29, 0.717) is 17.6 Å². The van der Waals surface area contributed by atoms with Crippen LogP contribution in [0.15, 0.2) is 30.3 Å². The van der Waals surface area contributed by atoms with Crippen LogP contribution in [-0.4, -0.2) is 29.6 Å². The van der Waals surface area contributed by atoms with Crippen molar-refractivity contribution in [3.63, 3.8) is 0 Å². The van der Waals surface area contributed by atoms with Crippen LogP contribution in [-0.2, 0) is 4.74 Å². The van der Waals surface area contributed by atoms with Gasteiger partial charge in [0, 0.05) is 35.2 Å². The Labute approximate surface area is 136 Å². The number of nitrogens with zero attached hydrogens (tertiary/aromatic N) is 1. The molecule has 1 saturated carbocycles. The number of ether oxygens (including phenoxy) is 1. The highest BCUT2D eigenvalue weighted by Gasteiger charge is 2.38. The van der Waals surface area contributed by atoms with Crippen molar-refractivity contribution in [1.82, 2.24) is 10.3 Å². The summed E-state index contributed by atoms with van der Waals surface area (Å²) in [6, 6.07) is 9.98. The SMILES string of the molecule is Cc1ccc2cc(C(=O)NC3CCCC4OCCC34)ccc2n1. The average molecular weight is 310 g/mol. The Morgan fingerprint density at radius 2 is 2.13 bits per heavy atom. The van der Waals surface area contributed by atoms with Crippen molar-refractivity contribution < 1.29 is 9.53 Å². The van der Waals surface area contributed by atoms with Crippen LogP contribution in [0.1, 0.15) is 41.7 Å². The van der Waals surface area contributed by atoms with Gasteiger partial charge in [-0.15, -0.1) is 0 Å². The molecule has 2 aliphatic rings. The van der Waals surface area contributed by atoms with E-state index in [4.69, 9.17) is 4.74 Å². The Bertz CT molecular complexity index is 743. The molecule has 120 valence electrons. The monoisotopic (exact) mass is 310 g/mol. The molecular formula is C19H22N2O2. The Hall–Kier alpha value is -1.94. The molecule has 2 aromatic rings. The first-order valence-electron chi connectivity index (χ1n) is 8.50. The van der Waals surface area contributed by atoms with Gasteiger partial charge in [0.05, 0.1) is 11.6 Å². The van der Waals surface area contributed by atoms with Gasteiger partial charge in [0.1, 0.15) is 0 Å². The number of carbonyl (C=O) groups is 1. The number of hydrogen-bond donors (Lipinski definition) is 1. The molecule has 1 aliphatic carbocycles. The van der Waals surface area contributed by atoms with Gasteiger partial charge >= 0.3 is 0 Å². The number of carbonyl (C=O) groups excluding carboxylic acids is 1. The number of pyridine rings is 1. The summed E-state index contributed by atoms with van der Waals surface area (Å²) in [6.07, 6.45) is 4.74. The first-order chi connectivity index (χ1) is 11.2. The lowest BCUT2D eigenvalue weighted by Crippen LogP contribution is -2.45. The van der Waals surface area contributed by atoms with Crippen molar-refractivity contribution in [2.24, 2.45) is 5.92 Å². The van der Waals surface area contributed by atoms with Gasteiger partial charge in [0.25, 0.3) is 5.91 Å². The van der Waals surface area contributed by atoms with Crippen LogP contribution in [0.3, 0.4) is 0 Å². The van der Waals surface area contributed by atoms with Gasteiger partial charge in [-0.2, -0.15) is 0 Å². The fourth-order valence-electron chi connectivity index (χ4n) is 3.98. The molecule has 0 spiro atoms. The summed E-state index contributed by atoms with van der Waals surface area (Å²) in [7, 11) is 0. The smallest absolute Gasteiger partial charge is 0.251 e. The molecule has 1 aromatic heterocycles. The molecule has 1 aromatic carbocycles. The number of nitrogens with one attached hydrogen (secondary N) is 1. The largest absolute Gasteiger partial charge is 0.378 e. The predicted octanol–water partition coefficient (Wildman–Crippen LogP) is 3.23. The second-order valence-electron chi connectivity index (χ2n) is 6.73. The van der Waals surface area contributed by atoms with Crippen LogP contribution < -0.4 is 5.32 Å². The number of aromatic nitrogens is 1. The summed E-state index contributed by atoms with van der Waals surface area (Å²) in [4.78, 5) is 17.1. The zero-order chi connectivity index (χ0) is 15.8. The Kier molecular flexibility index (Phi) is 3.77. The number of rotatable bonds is 2. The molecule has 0 radical (unpaired) electrons. The first kappa shape index (κ1) is 14.6. The molecule has 1 saturated heterocycles. The summed E-state index contributed by atoms with van der Waals surface area (Å²) in [5.41, 5.74) is 2.64. The van der Waals surface area contributed by atoms with E-state index in [0.717, 1.165) is 48.9 Å². The molecule has 1 N–H and O–H groups in total. The molecule has 1 aliphatic heterocycles. The average Bonchev–Trinajstić information content (AvgIpc) is 3.04. The lowest BCUT2D eigenvalue weighted by molar-refractivity contribution is 0.0510. The molecular weight excluding hydrogens is 288 g/mol. The minimum atomic E-state index is 0.0185. The second-order valence-corrected chi connectivity index (χ2v) is 6.73. The molecule has 3 atom stereocenters. The van der Waals surface area contributed by atoms with Gasteiger partial charge in [-0.3, -0.25) is 9.78 Å². The number of amides is 1. The summed E-state index contributed by atoms with van der Waals surface area (Å²) in [5, 5.41) is 4.25. The Balaban J connectivity index is 1.53. The summed E-state index contributed by atoms with van der Waals surface area (Å²) < 4.78 is 5.78. The number of fused-ring (bicyclic) bond motifs is 2. The van der Waals surface area contributed by atoms with E-state index in [9.17, 15) is 4.79 Å². The van der Waals surface area contributed by atoms with Gasteiger partial charge in [-0.1, -0.05) is 6.07 Å². The quantitative estimate of drug-likeness (QED) is 0.926. The molecule has 2 fully saturated rings. The van der Waals surface area contributed by atoms with Crippen LogP contribution in [0.4, 0.5) is 0 Å². The molecule has 3 unspecified atom stereocenters. The van der Waals surface area contributed by atoms with Crippen molar-refractivity contribution in [3.8, 4) is 0 Å². The van der Waals surface area contributed by atoms with Crippen LogP contribution >= 0.6 is 0 Å². The standard InChI is InChI=1S/C19H22N2O2/c1-12-5-6-13-11-14(7-8-16(13)20-12)19(22)21-17-3-2-4-18-15(17)9-10-23-18/h5-8,11,15,17-18H,2-4,9-10H2,1H3,(H,21,22). The molecule has 4 rings (SSSR count). The third-order valence-electron chi connectivity index (χ3n) is 5.19. The van der Waals surface area contributed by atoms with Gasteiger partial charge in [0.15, 0.2) is 0 Å². The van der Waals surface area contributed by atoms with Gasteiger partial charge < -0.3 is 10.1 Å². The van der Waals surface area contributed by atoms with E-state index in [1.807, 2.05) is 37.3 Å². The van der Waals surface area contributed by atoms with E-state index in [2.05, 4.69) is 10.3 Å². The third kappa shape index (κ3) is 2.83. The maximum atomic E-state index is 12.6. The van der Waals surface area contributed by atoms with E-state index < -0.39 is 0 Å². The topological polar surface area (TPSA) is 51.2 Å². The van der Waals surface area contributed by atoms with Crippen molar-refractivity contribution >= 4 is 16.8 Å². The van der Waals surface area contributed by atoms with Gasteiger partial charge in [-0.25, -0.2) is 0 Å². The normalized spacial score (nSPS) is 26.9. The minimum absolute atomic E-state index is 0.0185. The predicted molar refractivity (Wildman–Crippen MR) is 89.4 cm³/mol. The lowest BCUT2D eigenvalue weighted by atomic mass is 9.81. The highest BCUT2D eigenvalue weighted by atomic mass is 16.5. The Morgan fingerprint density at radius 3 is 3.04 bits per heavy atom. The zero-order valence-electron chi connectivity index (χ0n) is 13.4. The molecule has 4 heteroatoms. The van der Waals surface area contributed by atoms with E-state index in [1.165, 1.54) is 0 Å². The van der Waals surface area contributed by atoms with Crippen LogP contribution in [0.5, 0.6) is 0 Å². The number of hydrogen-bond acceptors (Lipinski definition) is 3. The minimum Gasteiger partial charge on any atom is -0.378 e. The van der Waals surface area contributed by atoms with E-state index in [1.54, 1.807) is 0 Å². The van der Waals surface area contributed by atoms with Gasteiger partial charge in [0.2, 0.25) is 0 Å². The number of aryl methyl sites for hydroxylation is 1. The third-order valence-corrected chi connectivity index (χ3v) is 5.19. The molecule has 2 heterocycles. The van der Waals surface area contributed by atoms with Crippen LogP contribution in [0.25, 0.3) is 10.9 Å². The van der Waals surface area contributed by atoms with E-state index >= 15 is 0 Å². The fourth-order valence-corrected chi connectivity index (χ4v) is 3.98. The van der Waals surface area contributed by atoms with E-state index in [-0.39, 0.29) is 11.9 Å². The summed E-state index contributed by atoms with van der Waals surface area (Å²) >= 11 is 0. The van der Waals surface area contributed by atoms with Crippen molar-refractivity contribution in [2.75, 3.05) is 6.61 Å². The summed E-state index contributed by atoms with van der Waals surface area (Å²) in [5.74, 6) is 0.502. The highest BCUT2D eigenvalue weighted by Crippen LogP contribution is 2.34. The Morgan fingerprint density at radius 1 is 1.22 bits per heavy atom. The molecule has 23 heavy (non-hydrogen) atoms. The van der Waals surface area contributed by atoms with Crippen molar-refractivity contribution in [3.05, 3.63) is 41.6 Å². The fraction of sp³-hybridized carbons (Fsp3) is 0.474.